The topological polar surface area (TPSA) is 0 Å². The third kappa shape index (κ3) is 9.15. The molecule has 0 bridgehead atoms. The number of halogens is 2. The third-order valence-corrected chi connectivity index (χ3v) is 15.2. The SMILES string of the molecule is CC(C)(C)c1ccc2c(c1)[cH-]c1ccccc12.CC(C)(C)c1ccc2c(c1)[cH-]c1ccccc12.[Cl-].[Cl-].[Zr+2]=[Si](c1ccccc1)c1ccccc1. The molecule has 8 aromatic rings. The van der Waals surface area contributed by atoms with E-state index < -0.39 is 5.43 Å². The van der Waals surface area contributed by atoms with Crippen molar-refractivity contribution in [1.29, 1.82) is 0 Å². The molecule has 8 rings (SSSR count). The van der Waals surface area contributed by atoms with Crippen molar-refractivity contribution in [2.75, 3.05) is 0 Å². The molecule has 0 nitrogen and oxygen atoms in total. The molecule has 0 amide bonds. The molecule has 0 atom stereocenters. The van der Waals surface area contributed by atoms with E-state index in [1.54, 1.807) is 23.3 Å². The average Bonchev–Trinajstić information content (AvgIpc) is 3.66. The van der Waals surface area contributed by atoms with Gasteiger partial charge in [0, 0.05) is 0 Å². The van der Waals surface area contributed by atoms with E-state index in [1.165, 1.54) is 64.6 Å². The first-order valence-corrected chi connectivity index (χ1v) is 22.0. The summed E-state index contributed by atoms with van der Waals surface area (Å²) in [6.45, 7) is 13.6. The Bertz CT molecular complexity index is 2150. The molecule has 4 heteroatoms. The van der Waals surface area contributed by atoms with Gasteiger partial charge in [0.25, 0.3) is 0 Å². The fourth-order valence-electron chi connectivity index (χ4n) is 6.24. The first kappa shape index (κ1) is 39.5. The van der Waals surface area contributed by atoms with Crippen molar-refractivity contribution in [1.82, 2.24) is 0 Å². The Morgan fingerprint density at radius 3 is 1.08 bits per heavy atom. The molecule has 0 aromatic heterocycles. The van der Waals surface area contributed by atoms with E-state index >= 15 is 0 Å². The van der Waals surface area contributed by atoms with Crippen LogP contribution in [0.2, 0.25) is 0 Å². The molecule has 0 saturated heterocycles. The van der Waals surface area contributed by atoms with Gasteiger partial charge in [-0.25, -0.2) is 0 Å². The fourth-order valence-corrected chi connectivity index (χ4v) is 10.1. The van der Waals surface area contributed by atoms with Gasteiger partial charge in [-0.05, 0) is 10.8 Å². The number of rotatable bonds is 2. The van der Waals surface area contributed by atoms with Gasteiger partial charge in [-0.15, -0.1) is 79.5 Å². The van der Waals surface area contributed by atoms with Crippen LogP contribution in [-0.4, -0.2) is 5.43 Å². The minimum absolute atomic E-state index is 0. The standard InChI is InChI=1S/2C17H17.C12H10Si.2ClH.Zr/c2*1-17(2,3)14-8-9-16-13(11-14)10-12-6-4-5-7-15(12)16;1-3-7-11(8-4-1)13-12-9-5-2-6-10-12;;;/h2*4-11H,1-3H3;1-10H;2*1H;/q2*-1;;;;+2/p-2. The van der Waals surface area contributed by atoms with Gasteiger partial charge < -0.3 is 24.8 Å². The summed E-state index contributed by atoms with van der Waals surface area (Å²) in [5, 5.41) is 13.9. The normalized spacial score (nSPS) is 11.2. The van der Waals surface area contributed by atoms with Crippen molar-refractivity contribution < 1.29 is 48.1 Å². The van der Waals surface area contributed by atoms with E-state index in [4.69, 9.17) is 0 Å². The predicted molar refractivity (Wildman–Crippen MR) is 209 cm³/mol. The first-order valence-electron chi connectivity index (χ1n) is 16.9. The van der Waals surface area contributed by atoms with E-state index in [1.807, 2.05) is 0 Å². The van der Waals surface area contributed by atoms with E-state index in [-0.39, 0.29) is 35.6 Å². The van der Waals surface area contributed by atoms with Gasteiger partial charge in [-0.2, -0.15) is 0 Å². The van der Waals surface area contributed by atoms with Crippen LogP contribution < -0.4 is 35.2 Å². The number of hydrogen-bond donors (Lipinski definition) is 0. The summed E-state index contributed by atoms with van der Waals surface area (Å²) in [5.41, 5.74) is 2.79. The molecule has 8 aromatic carbocycles. The molecule has 50 heavy (non-hydrogen) atoms. The zero-order valence-corrected chi connectivity index (χ0v) is 34.7. The summed E-state index contributed by atoms with van der Waals surface area (Å²) in [5.74, 6) is 0. The van der Waals surface area contributed by atoms with Gasteiger partial charge in [0.05, 0.1) is 0 Å². The number of benzene rings is 6. The second-order valence-electron chi connectivity index (χ2n) is 14.7. The summed E-state index contributed by atoms with van der Waals surface area (Å²) in [4.78, 5) is 0. The van der Waals surface area contributed by atoms with Crippen LogP contribution in [0.1, 0.15) is 52.7 Å². The Morgan fingerprint density at radius 1 is 0.400 bits per heavy atom. The van der Waals surface area contributed by atoms with Crippen molar-refractivity contribution in [3.8, 4) is 0 Å². The Morgan fingerprint density at radius 2 is 0.720 bits per heavy atom. The van der Waals surface area contributed by atoms with Crippen LogP contribution in [0.15, 0.2) is 158 Å². The second-order valence-corrected chi connectivity index (χ2v) is 20.3. The summed E-state index contributed by atoms with van der Waals surface area (Å²) in [6.07, 6.45) is 0. The Hall–Kier alpha value is -3.26. The Kier molecular flexibility index (Phi) is 13.3. The van der Waals surface area contributed by atoms with Gasteiger partial charge in [-0.1, -0.05) is 113 Å². The molecule has 0 radical (unpaired) electrons. The molecule has 0 spiro atoms. The molecular formula is C46H44Cl2SiZr-2. The third-order valence-electron chi connectivity index (χ3n) is 9.08. The number of hydrogen-bond acceptors (Lipinski definition) is 0. The van der Waals surface area contributed by atoms with Crippen molar-refractivity contribution in [2.45, 2.75) is 52.4 Å². The van der Waals surface area contributed by atoms with Crippen LogP contribution in [-0.2, 0) is 34.2 Å². The van der Waals surface area contributed by atoms with Crippen LogP contribution in [0.4, 0.5) is 0 Å². The van der Waals surface area contributed by atoms with Crippen molar-refractivity contribution >= 4 is 58.9 Å². The van der Waals surface area contributed by atoms with Crippen molar-refractivity contribution in [2.24, 2.45) is 0 Å². The minimum atomic E-state index is -0.455. The van der Waals surface area contributed by atoms with Gasteiger partial charge in [0.15, 0.2) is 0 Å². The summed E-state index contributed by atoms with van der Waals surface area (Å²) in [6, 6.07) is 57.2. The molecule has 0 N–H and O–H groups in total. The van der Waals surface area contributed by atoms with Crippen LogP contribution in [0.25, 0.3) is 43.1 Å². The molecule has 0 aliphatic heterocycles. The molecular weight excluding hydrogens is 743 g/mol. The van der Waals surface area contributed by atoms with Crippen LogP contribution in [0.3, 0.4) is 0 Å². The fraction of sp³-hybridized carbons (Fsp3) is 0.174. The summed E-state index contributed by atoms with van der Waals surface area (Å²) in [7, 11) is 0. The van der Waals surface area contributed by atoms with E-state index in [0.717, 1.165) is 0 Å². The van der Waals surface area contributed by atoms with Gasteiger partial charge in [0.2, 0.25) is 0 Å². The van der Waals surface area contributed by atoms with Crippen LogP contribution in [0.5, 0.6) is 0 Å². The molecule has 0 saturated carbocycles. The molecule has 0 unspecified atom stereocenters. The quantitative estimate of drug-likeness (QED) is 0.164. The molecule has 252 valence electrons. The zero-order chi connectivity index (χ0) is 33.9. The van der Waals surface area contributed by atoms with Crippen molar-refractivity contribution in [3.05, 3.63) is 169 Å². The van der Waals surface area contributed by atoms with E-state index in [2.05, 4.69) is 199 Å². The average molecular weight is 787 g/mol. The zero-order valence-electron chi connectivity index (χ0n) is 29.8. The monoisotopic (exact) mass is 784 g/mol. The van der Waals surface area contributed by atoms with Gasteiger partial charge in [0.1, 0.15) is 0 Å². The van der Waals surface area contributed by atoms with Crippen LogP contribution in [0, 0.1) is 0 Å². The Balaban J connectivity index is 0.000000166. The maximum absolute atomic E-state index is 2.33. The summed E-state index contributed by atoms with van der Waals surface area (Å²) >= 11 is 1.64. The molecule has 0 aliphatic rings. The Labute approximate surface area is 325 Å². The summed E-state index contributed by atoms with van der Waals surface area (Å²) < 4.78 is 0. The van der Waals surface area contributed by atoms with E-state index in [0.29, 0.717) is 0 Å². The van der Waals surface area contributed by atoms with E-state index in [9.17, 15) is 0 Å². The van der Waals surface area contributed by atoms with Crippen LogP contribution >= 0.6 is 0 Å². The van der Waals surface area contributed by atoms with Gasteiger partial charge >= 0.3 is 99.8 Å². The first-order chi connectivity index (χ1) is 23.0. The predicted octanol–water partition coefficient (Wildman–Crippen LogP) is 5.37. The maximum atomic E-state index is 2.33. The number of fused-ring (bicyclic) bond motifs is 6. The molecule has 0 fully saturated rings. The second kappa shape index (κ2) is 16.8. The molecule has 0 aliphatic carbocycles. The van der Waals surface area contributed by atoms with Gasteiger partial charge in [-0.3, -0.25) is 0 Å². The molecule has 0 heterocycles. The van der Waals surface area contributed by atoms with Crippen molar-refractivity contribution in [3.63, 3.8) is 0 Å².